The van der Waals surface area contributed by atoms with Crippen LogP contribution in [0.25, 0.3) is 10.6 Å². The molecule has 0 aliphatic rings. The molecule has 0 radical (unpaired) electrons. The highest BCUT2D eigenvalue weighted by molar-refractivity contribution is 9.10. The summed E-state index contributed by atoms with van der Waals surface area (Å²) in [6.45, 7) is 0. The molecule has 1 heterocycles. The van der Waals surface area contributed by atoms with Crippen molar-refractivity contribution in [2.45, 2.75) is 12.5 Å². The van der Waals surface area contributed by atoms with Gasteiger partial charge in [-0.2, -0.15) is 0 Å². The lowest BCUT2D eigenvalue weighted by Gasteiger charge is -2.18. The number of nitrogens with one attached hydrogen (secondary N) is 2. The first-order valence-corrected chi connectivity index (χ1v) is 11.6. The van der Waals surface area contributed by atoms with Crippen molar-refractivity contribution in [1.29, 1.82) is 0 Å². The fraction of sp³-hybridized carbons (Fsp3) is 0.0833. The van der Waals surface area contributed by atoms with Gasteiger partial charge in [0.15, 0.2) is 0 Å². The molecule has 2 N–H and O–H groups in total. The van der Waals surface area contributed by atoms with Gasteiger partial charge in [0.05, 0.1) is 5.56 Å². The van der Waals surface area contributed by atoms with E-state index < -0.39 is 23.7 Å². The summed E-state index contributed by atoms with van der Waals surface area (Å²) in [5.41, 5.74) is 1.57. The van der Waals surface area contributed by atoms with Crippen molar-refractivity contribution in [2.24, 2.45) is 0 Å². The van der Waals surface area contributed by atoms with Crippen molar-refractivity contribution >= 4 is 44.2 Å². The number of anilines is 1. The molecule has 1 aromatic heterocycles. The van der Waals surface area contributed by atoms with Gasteiger partial charge in [0.2, 0.25) is 11.0 Å². The summed E-state index contributed by atoms with van der Waals surface area (Å²) in [7, 11) is 0. The predicted octanol–water partition coefficient (Wildman–Crippen LogP) is 5.09. The van der Waals surface area contributed by atoms with E-state index in [1.807, 2.05) is 54.6 Å². The van der Waals surface area contributed by atoms with Gasteiger partial charge in [0.25, 0.3) is 5.91 Å². The third kappa shape index (κ3) is 5.88. The molecule has 0 aliphatic carbocycles. The van der Waals surface area contributed by atoms with Crippen LogP contribution in [0.5, 0.6) is 0 Å². The summed E-state index contributed by atoms with van der Waals surface area (Å²) < 4.78 is 15.0. The van der Waals surface area contributed by atoms with Crippen molar-refractivity contribution < 1.29 is 14.0 Å². The highest BCUT2D eigenvalue weighted by Crippen LogP contribution is 2.28. The largest absolute Gasteiger partial charge is 0.340 e. The Morgan fingerprint density at radius 2 is 1.73 bits per heavy atom. The van der Waals surface area contributed by atoms with Crippen LogP contribution in [0, 0.1) is 5.82 Å². The van der Waals surface area contributed by atoms with Crippen LogP contribution < -0.4 is 10.6 Å². The zero-order valence-electron chi connectivity index (χ0n) is 17.2. The Hall–Kier alpha value is -3.43. The highest BCUT2D eigenvalue weighted by Gasteiger charge is 2.24. The number of rotatable bonds is 7. The van der Waals surface area contributed by atoms with Crippen LogP contribution in [0.4, 0.5) is 9.52 Å². The smallest absolute Gasteiger partial charge is 0.254 e. The van der Waals surface area contributed by atoms with Gasteiger partial charge in [0, 0.05) is 16.5 Å². The molecular formula is C24H18BrFN4O2S. The average Bonchev–Trinajstić information content (AvgIpc) is 3.28. The minimum absolute atomic E-state index is 0.129. The molecule has 33 heavy (non-hydrogen) atoms. The van der Waals surface area contributed by atoms with E-state index in [1.54, 1.807) is 6.07 Å². The molecule has 4 rings (SSSR count). The van der Waals surface area contributed by atoms with E-state index in [0.29, 0.717) is 10.1 Å². The molecule has 1 unspecified atom stereocenters. The second kappa shape index (κ2) is 10.5. The Labute approximate surface area is 202 Å². The maximum absolute atomic E-state index is 14.1. The first-order valence-electron chi connectivity index (χ1n) is 9.99. The number of amides is 2. The van der Waals surface area contributed by atoms with Crippen LogP contribution in [0.3, 0.4) is 0 Å². The molecule has 0 spiro atoms. The number of aromatic nitrogens is 2. The molecule has 166 valence electrons. The summed E-state index contributed by atoms with van der Waals surface area (Å²) in [6, 6.07) is 21.5. The normalized spacial score (nSPS) is 11.6. The van der Waals surface area contributed by atoms with Crippen molar-refractivity contribution in [3.63, 3.8) is 0 Å². The van der Waals surface area contributed by atoms with Gasteiger partial charge < -0.3 is 5.32 Å². The van der Waals surface area contributed by atoms with Crippen LogP contribution in [0.1, 0.15) is 15.9 Å². The Kier molecular flexibility index (Phi) is 7.21. The maximum atomic E-state index is 14.1. The highest BCUT2D eigenvalue weighted by atomic mass is 79.9. The number of nitrogens with zero attached hydrogens (tertiary/aromatic N) is 2. The van der Waals surface area contributed by atoms with Crippen LogP contribution in [0.15, 0.2) is 83.3 Å². The lowest BCUT2D eigenvalue weighted by Crippen LogP contribution is -2.45. The molecule has 0 saturated heterocycles. The molecule has 9 heteroatoms. The first-order chi connectivity index (χ1) is 16.0. The quantitative estimate of drug-likeness (QED) is 0.352. The summed E-state index contributed by atoms with van der Waals surface area (Å²) >= 11 is 4.64. The molecule has 2 amide bonds. The molecule has 4 aromatic rings. The van der Waals surface area contributed by atoms with Gasteiger partial charge in [0.1, 0.15) is 16.9 Å². The number of benzene rings is 3. The summed E-state index contributed by atoms with van der Waals surface area (Å²) in [5.74, 6) is -1.80. The zero-order valence-corrected chi connectivity index (χ0v) is 19.6. The van der Waals surface area contributed by atoms with Gasteiger partial charge >= 0.3 is 0 Å². The van der Waals surface area contributed by atoms with Crippen molar-refractivity contribution in [1.82, 2.24) is 15.5 Å². The van der Waals surface area contributed by atoms with Crippen LogP contribution in [-0.4, -0.2) is 28.1 Å². The van der Waals surface area contributed by atoms with E-state index >= 15 is 0 Å². The summed E-state index contributed by atoms with van der Waals surface area (Å²) in [4.78, 5) is 25.8. The minimum atomic E-state index is -0.947. The topological polar surface area (TPSA) is 84.0 Å². The van der Waals surface area contributed by atoms with Gasteiger partial charge in [-0.3, -0.25) is 14.9 Å². The predicted molar refractivity (Wildman–Crippen MR) is 129 cm³/mol. The van der Waals surface area contributed by atoms with Crippen LogP contribution >= 0.6 is 27.3 Å². The Morgan fingerprint density at radius 1 is 0.970 bits per heavy atom. The van der Waals surface area contributed by atoms with Crippen LogP contribution in [0.2, 0.25) is 0 Å². The standard InChI is InChI=1S/C24H18BrFN4O2S/c25-17-10-6-9-16(14-17)23-29-30-24(33-23)28-22(32)20(13-15-7-2-1-3-8-15)27-21(31)18-11-4-5-12-19(18)26/h1-12,14,20H,13H2,(H,27,31)(H,28,30,32). The van der Waals surface area contributed by atoms with E-state index in [0.717, 1.165) is 15.6 Å². The molecule has 0 aliphatic heterocycles. The zero-order chi connectivity index (χ0) is 23.2. The van der Waals surface area contributed by atoms with Crippen molar-refractivity contribution in [3.05, 3.63) is 100 Å². The summed E-state index contributed by atoms with van der Waals surface area (Å²) in [5, 5.41) is 14.5. The van der Waals surface area contributed by atoms with Crippen molar-refractivity contribution in [2.75, 3.05) is 5.32 Å². The molecule has 6 nitrogen and oxygen atoms in total. The van der Waals surface area contributed by atoms with Gasteiger partial charge in [-0.1, -0.05) is 81.9 Å². The molecule has 0 saturated carbocycles. The molecular weight excluding hydrogens is 507 g/mol. The lowest BCUT2D eigenvalue weighted by atomic mass is 10.0. The van der Waals surface area contributed by atoms with E-state index in [4.69, 9.17) is 0 Å². The molecule has 3 aromatic carbocycles. The number of halogens is 2. The average molecular weight is 525 g/mol. The SMILES string of the molecule is O=C(NC(Cc1ccccc1)C(=O)Nc1nnc(-c2cccc(Br)c2)s1)c1ccccc1F. The Balaban J connectivity index is 1.53. The van der Waals surface area contributed by atoms with E-state index in [9.17, 15) is 14.0 Å². The Morgan fingerprint density at radius 3 is 2.48 bits per heavy atom. The fourth-order valence-corrected chi connectivity index (χ4v) is 4.29. The van der Waals surface area contributed by atoms with E-state index in [-0.39, 0.29) is 12.0 Å². The number of hydrogen-bond acceptors (Lipinski definition) is 5. The lowest BCUT2D eigenvalue weighted by molar-refractivity contribution is -0.118. The van der Waals surface area contributed by atoms with Gasteiger partial charge in [-0.15, -0.1) is 10.2 Å². The first kappa shape index (κ1) is 22.8. The van der Waals surface area contributed by atoms with Crippen LogP contribution in [-0.2, 0) is 11.2 Å². The monoisotopic (exact) mass is 524 g/mol. The molecule has 0 fully saturated rings. The van der Waals surface area contributed by atoms with E-state index in [1.165, 1.54) is 29.5 Å². The fourth-order valence-electron chi connectivity index (χ4n) is 3.14. The summed E-state index contributed by atoms with van der Waals surface area (Å²) in [6.07, 6.45) is 0.226. The van der Waals surface area contributed by atoms with Gasteiger partial charge in [-0.25, -0.2) is 4.39 Å². The molecule has 1 atom stereocenters. The number of carbonyl (C=O) groups excluding carboxylic acids is 2. The third-order valence-corrected chi connectivity index (χ3v) is 6.13. The second-order valence-corrected chi connectivity index (χ2v) is 9.00. The third-order valence-electron chi connectivity index (χ3n) is 4.75. The van der Waals surface area contributed by atoms with E-state index in [2.05, 4.69) is 36.8 Å². The minimum Gasteiger partial charge on any atom is -0.340 e. The maximum Gasteiger partial charge on any atom is 0.254 e. The number of carbonyl (C=O) groups is 2. The van der Waals surface area contributed by atoms with Gasteiger partial charge in [-0.05, 0) is 29.8 Å². The Bertz CT molecular complexity index is 1280. The second-order valence-electron chi connectivity index (χ2n) is 7.11. The van der Waals surface area contributed by atoms with Crippen molar-refractivity contribution in [3.8, 4) is 10.6 Å². The molecule has 0 bridgehead atoms. The number of hydrogen-bond donors (Lipinski definition) is 2.